The van der Waals surface area contributed by atoms with Gasteiger partial charge < -0.3 is 10.5 Å². The van der Waals surface area contributed by atoms with Crippen LogP contribution in [0.15, 0.2) is 42.5 Å². The molecule has 0 saturated carbocycles. The Morgan fingerprint density at radius 3 is 2.45 bits per heavy atom. The second-order valence-corrected chi connectivity index (χ2v) is 6.20. The SMILES string of the molecule is Cc1c(N)cccc1COc1cccc(C(C)(C)C)c1. The van der Waals surface area contributed by atoms with Gasteiger partial charge in [-0.25, -0.2) is 0 Å². The van der Waals surface area contributed by atoms with E-state index in [1.54, 1.807) is 0 Å². The fourth-order valence-electron chi connectivity index (χ4n) is 2.07. The number of hydrogen-bond acceptors (Lipinski definition) is 2. The van der Waals surface area contributed by atoms with Gasteiger partial charge in [0.25, 0.3) is 0 Å². The van der Waals surface area contributed by atoms with E-state index < -0.39 is 0 Å². The first-order valence-electron chi connectivity index (χ1n) is 6.95. The van der Waals surface area contributed by atoms with Crippen molar-refractivity contribution < 1.29 is 4.74 Å². The van der Waals surface area contributed by atoms with E-state index in [-0.39, 0.29) is 5.41 Å². The highest BCUT2D eigenvalue weighted by Gasteiger charge is 2.14. The first-order valence-corrected chi connectivity index (χ1v) is 6.95. The minimum absolute atomic E-state index is 0.131. The van der Waals surface area contributed by atoms with E-state index in [0.717, 1.165) is 22.6 Å². The van der Waals surface area contributed by atoms with Crippen LogP contribution < -0.4 is 10.5 Å². The number of benzene rings is 2. The third kappa shape index (κ3) is 3.32. The third-order valence-electron chi connectivity index (χ3n) is 3.58. The summed E-state index contributed by atoms with van der Waals surface area (Å²) < 4.78 is 5.91. The van der Waals surface area contributed by atoms with Gasteiger partial charge in [0.1, 0.15) is 12.4 Å². The molecule has 0 amide bonds. The van der Waals surface area contributed by atoms with Crippen LogP contribution in [0.25, 0.3) is 0 Å². The molecular formula is C18H23NO. The normalized spacial score (nSPS) is 11.4. The van der Waals surface area contributed by atoms with Crippen molar-refractivity contribution in [2.75, 3.05) is 5.73 Å². The van der Waals surface area contributed by atoms with Gasteiger partial charge in [0.05, 0.1) is 0 Å². The van der Waals surface area contributed by atoms with Crippen LogP contribution in [0.5, 0.6) is 5.75 Å². The lowest BCUT2D eigenvalue weighted by Crippen LogP contribution is -2.11. The summed E-state index contributed by atoms with van der Waals surface area (Å²) in [7, 11) is 0. The Morgan fingerprint density at radius 2 is 1.75 bits per heavy atom. The summed E-state index contributed by atoms with van der Waals surface area (Å²) in [6.07, 6.45) is 0. The molecule has 0 saturated heterocycles. The van der Waals surface area contributed by atoms with E-state index in [0.29, 0.717) is 6.61 Å². The molecule has 0 bridgehead atoms. The molecule has 2 N–H and O–H groups in total. The zero-order valence-electron chi connectivity index (χ0n) is 12.7. The van der Waals surface area contributed by atoms with Crippen LogP contribution in [0.4, 0.5) is 5.69 Å². The average Bonchev–Trinajstić information content (AvgIpc) is 2.40. The maximum atomic E-state index is 5.92. The van der Waals surface area contributed by atoms with Crippen LogP contribution >= 0.6 is 0 Å². The Morgan fingerprint density at radius 1 is 1.05 bits per heavy atom. The Hall–Kier alpha value is -1.96. The van der Waals surface area contributed by atoms with Crippen LogP contribution in [0.2, 0.25) is 0 Å². The Balaban J connectivity index is 2.13. The third-order valence-corrected chi connectivity index (χ3v) is 3.58. The Kier molecular flexibility index (Phi) is 4.03. The molecular weight excluding hydrogens is 246 g/mol. The zero-order chi connectivity index (χ0) is 14.8. The number of ether oxygens (including phenoxy) is 1. The Bertz CT molecular complexity index is 597. The van der Waals surface area contributed by atoms with Crippen LogP contribution in [0.3, 0.4) is 0 Å². The molecule has 0 spiro atoms. The lowest BCUT2D eigenvalue weighted by molar-refractivity contribution is 0.304. The fraction of sp³-hybridized carbons (Fsp3) is 0.333. The lowest BCUT2D eigenvalue weighted by atomic mass is 9.87. The monoisotopic (exact) mass is 269 g/mol. The van der Waals surface area contributed by atoms with Gasteiger partial charge in [0.15, 0.2) is 0 Å². The predicted octanol–water partition coefficient (Wildman–Crippen LogP) is 4.45. The van der Waals surface area contributed by atoms with Crippen molar-refractivity contribution in [2.24, 2.45) is 0 Å². The van der Waals surface area contributed by atoms with Gasteiger partial charge in [-0.05, 0) is 47.2 Å². The highest BCUT2D eigenvalue weighted by atomic mass is 16.5. The summed E-state index contributed by atoms with van der Waals surface area (Å²) in [5, 5.41) is 0. The molecule has 2 aromatic rings. The molecule has 2 rings (SSSR count). The molecule has 0 fully saturated rings. The highest BCUT2D eigenvalue weighted by molar-refractivity contribution is 5.49. The maximum Gasteiger partial charge on any atom is 0.120 e. The minimum Gasteiger partial charge on any atom is -0.489 e. The van der Waals surface area contributed by atoms with Crippen LogP contribution in [0.1, 0.15) is 37.5 Å². The summed E-state index contributed by atoms with van der Waals surface area (Å²) in [5.41, 5.74) is 10.4. The number of nitrogens with two attached hydrogens (primary N) is 1. The number of anilines is 1. The number of hydrogen-bond donors (Lipinski definition) is 1. The van der Waals surface area contributed by atoms with E-state index in [4.69, 9.17) is 10.5 Å². The number of rotatable bonds is 3. The highest BCUT2D eigenvalue weighted by Crippen LogP contribution is 2.26. The van der Waals surface area contributed by atoms with Crippen molar-refractivity contribution in [2.45, 2.75) is 39.7 Å². The minimum atomic E-state index is 0.131. The molecule has 0 heterocycles. The van der Waals surface area contributed by atoms with E-state index in [1.807, 2.05) is 31.2 Å². The van der Waals surface area contributed by atoms with Gasteiger partial charge in [-0.15, -0.1) is 0 Å². The second kappa shape index (κ2) is 5.58. The second-order valence-electron chi connectivity index (χ2n) is 6.20. The largest absolute Gasteiger partial charge is 0.489 e. The van der Waals surface area contributed by atoms with Crippen LogP contribution in [-0.4, -0.2) is 0 Å². The molecule has 0 atom stereocenters. The summed E-state index contributed by atoms with van der Waals surface area (Å²) in [6, 6.07) is 14.2. The molecule has 2 heteroatoms. The van der Waals surface area contributed by atoms with Gasteiger partial charge in [-0.2, -0.15) is 0 Å². The molecule has 0 aliphatic carbocycles. The van der Waals surface area contributed by atoms with Gasteiger partial charge >= 0.3 is 0 Å². The standard InChI is InChI=1S/C18H23NO/c1-13-14(7-5-10-17(13)19)12-20-16-9-6-8-15(11-16)18(2,3)4/h5-11H,12,19H2,1-4H3. The molecule has 0 aliphatic rings. The van der Waals surface area contributed by atoms with Gasteiger partial charge in [-0.1, -0.05) is 45.0 Å². The van der Waals surface area contributed by atoms with Gasteiger partial charge in [0, 0.05) is 5.69 Å². The van der Waals surface area contributed by atoms with Crippen molar-refractivity contribution in [1.82, 2.24) is 0 Å². The van der Waals surface area contributed by atoms with Crippen molar-refractivity contribution in [3.63, 3.8) is 0 Å². The molecule has 0 aromatic heterocycles. The van der Waals surface area contributed by atoms with E-state index >= 15 is 0 Å². The average molecular weight is 269 g/mol. The molecule has 0 radical (unpaired) electrons. The molecule has 106 valence electrons. The van der Waals surface area contributed by atoms with Crippen molar-refractivity contribution in [3.8, 4) is 5.75 Å². The van der Waals surface area contributed by atoms with Crippen molar-refractivity contribution >= 4 is 5.69 Å². The molecule has 0 unspecified atom stereocenters. The number of nitrogen functional groups attached to an aromatic ring is 1. The van der Waals surface area contributed by atoms with E-state index in [1.165, 1.54) is 5.56 Å². The summed E-state index contributed by atoms with van der Waals surface area (Å²) in [4.78, 5) is 0. The smallest absolute Gasteiger partial charge is 0.120 e. The van der Waals surface area contributed by atoms with Gasteiger partial charge in [-0.3, -0.25) is 0 Å². The molecule has 2 nitrogen and oxygen atoms in total. The van der Waals surface area contributed by atoms with Gasteiger partial charge in [0.2, 0.25) is 0 Å². The molecule has 2 aromatic carbocycles. The zero-order valence-corrected chi connectivity index (χ0v) is 12.7. The quantitative estimate of drug-likeness (QED) is 0.835. The molecule has 20 heavy (non-hydrogen) atoms. The molecule has 0 aliphatic heterocycles. The first-order chi connectivity index (χ1) is 9.38. The fourth-order valence-corrected chi connectivity index (χ4v) is 2.07. The predicted molar refractivity (Wildman–Crippen MR) is 85.1 cm³/mol. The van der Waals surface area contributed by atoms with E-state index in [9.17, 15) is 0 Å². The maximum absolute atomic E-state index is 5.92. The van der Waals surface area contributed by atoms with Crippen LogP contribution in [0, 0.1) is 6.92 Å². The Labute approximate surface area is 121 Å². The summed E-state index contributed by atoms with van der Waals surface area (Å²) >= 11 is 0. The first kappa shape index (κ1) is 14.4. The van der Waals surface area contributed by atoms with Crippen molar-refractivity contribution in [3.05, 3.63) is 59.2 Å². The lowest BCUT2D eigenvalue weighted by Gasteiger charge is -2.20. The topological polar surface area (TPSA) is 35.2 Å². The summed E-state index contributed by atoms with van der Waals surface area (Å²) in [6.45, 7) is 9.18. The van der Waals surface area contributed by atoms with Crippen molar-refractivity contribution in [1.29, 1.82) is 0 Å². The van der Waals surface area contributed by atoms with Crippen LogP contribution in [-0.2, 0) is 12.0 Å². The summed E-state index contributed by atoms with van der Waals surface area (Å²) in [5.74, 6) is 0.902. The van der Waals surface area contributed by atoms with E-state index in [2.05, 4.69) is 39.0 Å².